The van der Waals surface area contributed by atoms with Crippen molar-refractivity contribution in [3.63, 3.8) is 0 Å². The van der Waals surface area contributed by atoms with Gasteiger partial charge < -0.3 is 0 Å². The van der Waals surface area contributed by atoms with Crippen LogP contribution in [0.3, 0.4) is 0 Å². The smallest absolute Gasteiger partial charge is 1.00 e. The fourth-order valence-corrected chi connectivity index (χ4v) is 4.85. The first-order valence-electron chi connectivity index (χ1n) is 5.12. The van der Waals surface area contributed by atoms with Crippen molar-refractivity contribution in [2.75, 3.05) is 0 Å². The second-order valence-electron chi connectivity index (χ2n) is 4.75. The Balaban J connectivity index is 0.00000289. The Bertz CT molecular complexity index is 393. The maximum Gasteiger partial charge on any atom is 1.00 e. The van der Waals surface area contributed by atoms with Crippen molar-refractivity contribution < 1.29 is 32.0 Å². The SMILES string of the molecule is C[Si](C)(C)C=[C-][Se]c1ccc(C(F)(F)F)cc1.[Li+]. The van der Waals surface area contributed by atoms with Gasteiger partial charge in [0.1, 0.15) is 0 Å². The minimum Gasteiger partial charge on any atom is 1.00 e. The van der Waals surface area contributed by atoms with Crippen LogP contribution in [-0.2, 0) is 6.18 Å². The first-order chi connectivity index (χ1) is 7.68. The largest absolute Gasteiger partial charge is 1.00 e. The molecule has 0 N–H and O–H groups in total. The number of hydrogen-bond acceptors (Lipinski definition) is 0. The van der Waals surface area contributed by atoms with Crippen LogP contribution < -0.4 is 23.3 Å². The number of benzene rings is 1. The summed E-state index contributed by atoms with van der Waals surface area (Å²) in [4.78, 5) is 3.22. The third-order valence-corrected chi connectivity index (χ3v) is 4.89. The average molecular weight is 329 g/mol. The van der Waals surface area contributed by atoms with E-state index in [1.165, 1.54) is 12.1 Å². The second kappa shape index (κ2) is 7.02. The summed E-state index contributed by atoms with van der Waals surface area (Å²) in [5.41, 5.74) is 1.51. The van der Waals surface area contributed by atoms with Gasteiger partial charge in [0.15, 0.2) is 0 Å². The summed E-state index contributed by atoms with van der Waals surface area (Å²) in [6, 6.07) is 5.34. The van der Waals surface area contributed by atoms with E-state index >= 15 is 0 Å². The molecule has 0 saturated carbocycles. The van der Waals surface area contributed by atoms with Crippen LogP contribution >= 0.6 is 0 Å². The van der Waals surface area contributed by atoms with E-state index in [1.54, 1.807) is 0 Å². The molecule has 18 heavy (non-hydrogen) atoms. The number of alkyl halides is 3. The van der Waals surface area contributed by atoms with Gasteiger partial charge in [-0.15, -0.1) is 0 Å². The maximum atomic E-state index is 12.3. The van der Waals surface area contributed by atoms with Crippen LogP contribution in [0.5, 0.6) is 0 Å². The summed E-state index contributed by atoms with van der Waals surface area (Å²) < 4.78 is 37.9. The van der Waals surface area contributed by atoms with Gasteiger partial charge in [0.25, 0.3) is 0 Å². The standard InChI is InChI=1S/C12H14F3SeSi.Li/c1-17(2,3)9-8-16-11-6-4-10(5-7-11)12(13,14)15;/h4-7,9H,1-3H3;/q-1;+1. The van der Waals surface area contributed by atoms with Crippen LogP contribution in [0.2, 0.25) is 19.6 Å². The second-order valence-corrected chi connectivity index (χ2v) is 11.7. The van der Waals surface area contributed by atoms with Crippen molar-refractivity contribution in [3.8, 4) is 0 Å². The zero-order valence-electron chi connectivity index (χ0n) is 10.9. The van der Waals surface area contributed by atoms with Gasteiger partial charge in [-0.05, 0) is 0 Å². The predicted molar refractivity (Wildman–Crippen MR) is 68.0 cm³/mol. The minimum absolute atomic E-state index is 0. The first kappa shape index (κ1) is 18.1. The third-order valence-electron chi connectivity index (χ3n) is 1.85. The van der Waals surface area contributed by atoms with Crippen LogP contribution in [-0.4, -0.2) is 23.0 Å². The van der Waals surface area contributed by atoms with Gasteiger partial charge in [-0.1, -0.05) is 0 Å². The number of hydrogen-bond donors (Lipinski definition) is 0. The molecule has 0 amide bonds. The Morgan fingerprint density at radius 1 is 1.11 bits per heavy atom. The molecular weight excluding hydrogens is 315 g/mol. The van der Waals surface area contributed by atoms with Crippen LogP contribution in [0.4, 0.5) is 13.2 Å². The van der Waals surface area contributed by atoms with Crippen LogP contribution in [0.1, 0.15) is 5.56 Å². The molecule has 1 rings (SSSR count). The Morgan fingerprint density at radius 2 is 1.61 bits per heavy atom. The molecule has 0 atom stereocenters. The van der Waals surface area contributed by atoms with Gasteiger partial charge in [0, 0.05) is 0 Å². The molecule has 1 aromatic carbocycles. The topological polar surface area (TPSA) is 0 Å². The fourth-order valence-electron chi connectivity index (χ4n) is 0.986. The first-order valence-corrected chi connectivity index (χ1v) is 10.4. The van der Waals surface area contributed by atoms with Crippen molar-refractivity contribution in [2.24, 2.45) is 0 Å². The molecular formula is C12H14F3LiSeSi. The molecule has 0 aliphatic heterocycles. The van der Waals surface area contributed by atoms with Gasteiger partial charge in [-0.3, -0.25) is 0 Å². The minimum atomic E-state index is -4.25. The number of rotatable bonds is 3. The molecule has 0 saturated heterocycles. The molecule has 0 bridgehead atoms. The van der Waals surface area contributed by atoms with Crippen molar-refractivity contribution in [2.45, 2.75) is 25.8 Å². The molecule has 0 nitrogen and oxygen atoms in total. The van der Waals surface area contributed by atoms with E-state index in [0.29, 0.717) is 0 Å². The Labute approximate surface area is 125 Å². The summed E-state index contributed by atoms with van der Waals surface area (Å²) in [5, 5.41) is 0. The summed E-state index contributed by atoms with van der Waals surface area (Å²) in [7, 11) is -1.25. The van der Waals surface area contributed by atoms with E-state index in [0.717, 1.165) is 16.6 Å². The Kier molecular flexibility index (Phi) is 7.06. The monoisotopic (exact) mass is 330 g/mol. The normalized spacial score (nSPS) is 12.6. The molecule has 0 radical (unpaired) electrons. The van der Waals surface area contributed by atoms with E-state index in [2.05, 4.69) is 30.3 Å². The summed E-state index contributed by atoms with van der Waals surface area (Å²) in [6.45, 7) is 6.59. The summed E-state index contributed by atoms with van der Waals surface area (Å²) in [6.07, 6.45) is -4.25. The van der Waals surface area contributed by atoms with Crippen molar-refractivity contribution in [1.29, 1.82) is 0 Å². The van der Waals surface area contributed by atoms with E-state index in [1.807, 2.05) is 0 Å². The fraction of sp³-hybridized carbons (Fsp3) is 0.333. The molecule has 6 heteroatoms. The zero-order chi connectivity index (χ0) is 13.1. The molecule has 0 fully saturated rings. The Hall–Kier alpha value is 0.0838. The number of halogens is 3. The summed E-state index contributed by atoms with van der Waals surface area (Å²) in [5.74, 6) is 0. The predicted octanol–water partition coefficient (Wildman–Crippen LogP) is 0.233. The zero-order valence-corrected chi connectivity index (χ0v) is 13.6. The van der Waals surface area contributed by atoms with Gasteiger partial charge in [-0.25, -0.2) is 0 Å². The Morgan fingerprint density at radius 3 is 2.00 bits per heavy atom. The van der Waals surface area contributed by atoms with Crippen LogP contribution in [0.15, 0.2) is 30.0 Å². The molecule has 94 valence electrons. The van der Waals surface area contributed by atoms with Gasteiger partial charge in [0.05, 0.1) is 0 Å². The van der Waals surface area contributed by atoms with Crippen LogP contribution in [0, 0.1) is 4.97 Å². The van der Waals surface area contributed by atoms with Gasteiger partial charge >= 0.3 is 126 Å². The molecule has 0 aliphatic carbocycles. The molecule has 0 aromatic heterocycles. The van der Waals surface area contributed by atoms with E-state index < -0.39 is 19.8 Å². The maximum absolute atomic E-state index is 12.3. The van der Waals surface area contributed by atoms with Gasteiger partial charge in [-0.2, -0.15) is 0 Å². The molecule has 0 heterocycles. The summed E-state index contributed by atoms with van der Waals surface area (Å²) >= 11 is 0.00437. The molecule has 0 aliphatic rings. The third kappa shape index (κ3) is 6.87. The van der Waals surface area contributed by atoms with Crippen molar-refractivity contribution >= 4 is 27.5 Å². The van der Waals surface area contributed by atoms with Crippen LogP contribution in [0.25, 0.3) is 0 Å². The van der Waals surface area contributed by atoms with Crippen molar-refractivity contribution in [3.05, 3.63) is 40.5 Å². The van der Waals surface area contributed by atoms with Gasteiger partial charge in [0.2, 0.25) is 0 Å². The van der Waals surface area contributed by atoms with E-state index in [4.69, 9.17) is 0 Å². The van der Waals surface area contributed by atoms with E-state index in [-0.39, 0.29) is 33.8 Å². The average Bonchev–Trinajstić information content (AvgIpc) is 2.15. The molecule has 1 aromatic rings. The van der Waals surface area contributed by atoms with Crippen molar-refractivity contribution in [1.82, 2.24) is 0 Å². The van der Waals surface area contributed by atoms with E-state index in [9.17, 15) is 13.2 Å². The molecule has 0 unspecified atom stereocenters. The quantitative estimate of drug-likeness (QED) is 0.550. The molecule has 0 spiro atoms.